The molecule has 1 aliphatic heterocycles. The number of carbonyl (C=O) groups excluding carboxylic acids is 1. The molecule has 3 heterocycles. The number of sulfonamides is 1. The molecule has 1 saturated heterocycles. The molecule has 23 heavy (non-hydrogen) atoms. The van der Waals surface area contributed by atoms with Crippen LogP contribution < -0.4 is 5.32 Å². The average molecular weight is 351 g/mol. The number of pyridine rings is 1. The van der Waals surface area contributed by atoms with Crippen LogP contribution in [0.25, 0.3) is 0 Å². The van der Waals surface area contributed by atoms with E-state index in [9.17, 15) is 13.2 Å². The van der Waals surface area contributed by atoms with Gasteiger partial charge in [0.05, 0.1) is 11.9 Å². The monoisotopic (exact) mass is 351 g/mol. The highest BCUT2D eigenvalue weighted by Gasteiger charge is 2.40. The van der Waals surface area contributed by atoms with Gasteiger partial charge in [0, 0.05) is 17.6 Å². The summed E-state index contributed by atoms with van der Waals surface area (Å²) in [7, 11) is -3.63. The van der Waals surface area contributed by atoms with Crippen LogP contribution in [-0.4, -0.2) is 36.2 Å². The van der Waals surface area contributed by atoms with Crippen LogP contribution in [0.3, 0.4) is 0 Å². The van der Waals surface area contributed by atoms with Gasteiger partial charge < -0.3 is 5.32 Å². The van der Waals surface area contributed by atoms with Crippen LogP contribution in [0.4, 0.5) is 5.69 Å². The predicted molar refractivity (Wildman–Crippen MR) is 88.8 cm³/mol. The van der Waals surface area contributed by atoms with E-state index >= 15 is 0 Å². The number of nitrogens with zero attached hydrogens (tertiary/aromatic N) is 2. The second-order valence-corrected chi connectivity index (χ2v) is 8.78. The molecule has 3 rings (SSSR count). The second kappa shape index (κ2) is 6.38. The molecule has 122 valence electrons. The van der Waals surface area contributed by atoms with Crippen LogP contribution in [0.2, 0.25) is 0 Å². The lowest BCUT2D eigenvalue weighted by molar-refractivity contribution is -0.119. The first-order chi connectivity index (χ1) is 11.0. The van der Waals surface area contributed by atoms with Crippen molar-refractivity contribution in [2.45, 2.75) is 30.0 Å². The van der Waals surface area contributed by atoms with Crippen molar-refractivity contribution in [3.8, 4) is 0 Å². The Kier molecular flexibility index (Phi) is 4.47. The zero-order chi connectivity index (χ0) is 16.4. The minimum absolute atomic E-state index is 0.288. The Hall–Kier alpha value is -1.77. The smallest absolute Gasteiger partial charge is 0.253 e. The molecule has 0 radical (unpaired) electrons. The number of nitrogens with one attached hydrogen (secondary N) is 1. The molecule has 6 nitrogen and oxygen atoms in total. The summed E-state index contributed by atoms with van der Waals surface area (Å²) in [5, 5.41) is 2.74. The number of hydrogen-bond donors (Lipinski definition) is 1. The molecule has 0 bridgehead atoms. The van der Waals surface area contributed by atoms with Gasteiger partial charge in [0.1, 0.15) is 10.3 Å². The van der Waals surface area contributed by atoms with Crippen molar-refractivity contribution in [1.82, 2.24) is 9.29 Å². The molecule has 1 amide bonds. The lowest BCUT2D eigenvalue weighted by atomic mass is 10.2. The number of aromatic nitrogens is 1. The average Bonchev–Trinajstić information content (AvgIpc) is 3.17. The molecular weight excluding hydrogens is 334 g/mol. The lowest BCUT2D eigenvalue weighted by Gasteiger charge is -2.22. The third-order valence-electron chi connectivity index (χ3n) is 3.71. The summed E-state index contributed by atoms with van der Waals surface area (Å²) in [6, 6.07) is 6.14. The van der Waals surface area contributed by atoms with Crippen molar-refractivity contribution in [1.29, 1.82) is 0 Å². The van der Waals surface area contributed by atoms with Gasteiger partial charge in [0.15, 0.2) is 0 Å². The molecule has 2 aromatic heterocycles. The zero-order valence-corrected chi connectivity index (χ0v) is 14.2. The SMILES string of the molecule is Cc1ccc(S(=O)(=O)N2CCC[C@H]2C(=O)Nc2cccnc2)s1. The summed E-state index contributed by atoms with van der Waals surface area (Å²) in [6.07, 6.45) is 4.35. The van der Waals surface area contributed by atoms with Gasteiger partial charge in [0.2, 0.25) is 5.91 Å². The fourth-order valence-corrected chi connectivity index (χ4v) is 5.69. The maximum Gasteiger partial charge on any atom is 0.253 e. The number of hydrogen-bond acceptors (Lipinski definition) is 5. The van der Waals surface area contributed by atoms with Crippen molar-refractivity contribution < 1.29 is 13.2 Å². The molecule has 0 saturated carbocycles. The molecule has 0 unspecified atom stereocenters. The van der Waals surface area contributed by atoms with Crippen LogP contribution >= 0.6 is 11.3 Å². The van der Waals surface area contributed by atoms with Gasteiger partial charge in [-0.1, -0.05) is 0 Å². The van der Waals surface area contributed by atoms with Gasteiger partial charge in [-0.15, -0.1) is 11.3 Å². The van der Waals surface area contributed by atoms with Crippen molar-refractivity contribution in [3.63, 3.8) is 0 Å². The second-order valence-electron chi connectivity index (χ2n) is 5.37. The highest BCUT2D eigenvalue weighted by molar-refractivity contribution is 7.91. The lowest BCUT2D eigenvalue weighted by Crippen LogP contribution is -2.42. The summed E-state index contributed by atoms with van der Waals surface area (Å²) >= 11 is 1.23. The van der Waals surface area contributed by atoms with Crippen LogP contribution in [0, 0.1) is 6.92 Å². The van der Waals surface area contributed by atoms with E-state index in [1.54, 1.807) is 30.5 Å². The van der Waals surface area contributed by atoms with Gasteiger partial charge in [-0.2, -0.15) is 4.31 Å². The van der Waals surface area contributed by atoms with Crippen molar-refractivity contribution in [2.24, 2.45) is 0 Å². The number of amides is 1. The van der Waals surface area contributed by atoms with Gasteiger partial charge in [-0.25, -0.2) is 8.42 Å². The molecule has 1 N–H and O–H groups in total. The minimum atomic E-state index is -3.63. The van der Waals surface area contributed by atoms with E-state index in [0.29, 0.717) is 25.1 Å². The molecule has 0 aromatic carbocycles. The molecule has 0 spiro atoms. The molecule has 8 heteroatoms. The highest BCUT2D eigenvalue weighted by Crippen LogP contribution is 2.30. The van der Waals surface area contributed by atoms with E-state index in [1.807, 2.05) is 6.92 Å². The normalized spacial score (nSPS) is 18.9. The minimum Gasteiger partial charge on any atom is -0.323 e. The van der Waals surface area contributed by atoms with Gasteiger partial charge >= 0.3 is 0 Å². The summed E-state index contributed by atoms with van der Waals surface area (Å²) in [4.78, 5) is 17.3. The maximum absolute atomic E-state index is 12.8. The van der Waals surface area contributed by atoms with Crippen molar-refractivity contribution in [3.05, 3.63) is 41.5 Å². The molecular formula is C15H17N3O3S2. The maximum atomic E-state index is 12.8. The summed E-state index contributed by atoms with van der Waals surface area (Å²) in [5.74, 6) is -0.313. The number of thiophene rings is 1. The predicted octanol–water partition coefficient (Wildman–Crippen LogP) is 2.24. The molecule has 1 aliphatic rings. The summed E-state index contributed by atoms with van der Waals surface area (Å²) in [5.41, 5.74) is 0.564. The first-order valence-electron chi connectivity index (χ1n) is 7.27. The highest BCUT2D eigenvalue weighted by atomic mass is 32.2. The standard InChI is InChI=1S/C15H17N3O3S2/c1-11-6-7-14(22-11)23(20,21)18-9-3-5-13(18)15(19)17-12-4-2-8-16-10-12/h2,4,6-8,10,13H,3,5,9H2,1H3,(H,17,19)/t13-/m0/s1. The third kappa shape index (κ3) is 3.29. The van der Waals surface area contributed by atoms with Crippen molar-refractivity contribution in [2.75, 3.05) is 11.9 Å². The topological polar surface area (TPSA) is 79.4 Å². The van der Waals surface area contributed by atoms with E-state index in [-0.39, 0.29) is 10.1 Å². The number of carbonyl (C=O) groups is 1. The molecule has 2 aromatic rings. The molecule has 0 aliphatic carbocycles. The third-order valence-corrected chi connectivity index (χ3v) is 7.09. The van der Waals surface area contributed by atoms with Crippen LogP contribution in [-0.2, 0) is 14.8 Å². The van der Waals surface area contributed by atoms with E-state index in [4.69, 9.17) is 0 Å². The van der Waals surface area contributed by atoms with E-state index in [2.05, 4.69) is 10.3 Å². The molecule has 1 fully saturated rings. The zero-order valence-electron chi connectivity index (χ0n) is 12.6. The van der Waals surface area contributed by atoms with E-state index in [1.165, 1.54) is 21.8 Å². The Bertz CT molecular complexity index is 802. The summed E-state index contributed by atoms with van der Waals surface area (Å²) < 4.78 is 27.1. The Morgan fingerprint density at radius 3 is 2.87 bits per heavy atom. The Morgan fingerprint density at radius 1 is 1.39 bits per heavy atom. The van der Waals surface area contributed by atoms with Gasteiger partial charge in [-0.05, 0) is 44.0 Å². The number of aryl methyl sites for hydroxylation is 1. The van der Waals surface area contributed by atoms with Crippen LogP contribution in [0.15, 0.2) is 40.9 Å². The van der Waals surface area contributed by atoms with Crippen LogP contribution in [0.5, 0.6) is 0 Å². The Labute approximate surface area is 139 Å². The summed E-state index contributed by atoms with van der Waals surface area (Å²) in [6.45, 7) is 2.23. The van der Waals surface area contributed by atoms with E-state index < -0.39 is 16.1 Å². The van der Waals surface area contributed by atoms with Gasteiger partial charge in [0.25, 0.3) is 10.0 Å². The Balaban J connectivity index is 1.81. The number of anilines is 1. The quantitative estimate of drug-likeness (QED) is 0.916. The fourth-order valence-electron chi connectivity index (χ4n) is 2.62. The fraction of sp³-hybridized carbons (Fsp3) is 0.333. The van der Waals surface area contributed by atoms with Crippen molar-refractivity contribution >= 4 is 33.0 Å². The van der Waals surface area contributed by atoms with E-state index in [0.717, 1.165) is 4.88 Å². The first-order valence-corrected chi connectivity index (χ1v) is 9.53. The van der Waals surface area contributed by atoms with Crippen LogP contribution in [0.1, 0.15) is 17.7 Å². The first kappa shape index (κ1) is 16.1. The molecule has 1 atom stereocenters. The largest absolute Gasteiger partial charge is 0.323 e. The number of rotatable bonds is 4. The Morgan fingerprint density at radius 2 is 2.22 bits per heavy atom. The van der Waals surface area contributed by atoms with Gasteiger partial charge in [-0.3, -0.25) is 9.78 Å².